The van der Waals surface area contributed by atoms with Crippen LogP contribution < -0.4 is 4.74 Å². The fourth-order valence-corrected chi connectivity index (χ4v) is 2.24. The number of halogens is 1. The average molecular weight is 269 g/mol. The van der Waals surface area contributed by atoms with Crippen LogP contribution in [0.2, 0.25) is 5.02 Å². The Bertz CT molecular complexity index is 484. The molecule has 1 saturated heterocycles. The number of ether oxygens (including phenoxy) is 2. The minimum absolute atomic E-state index is 0.271. The van der Waals surface area contributed by atoms with Gasteiger partial charge in [0.2, 0.25) is 0 Å². The Morgan fingerprint density at radius 1 is 1.44 bits per heavy atom. The molecule has 0 bridgehead atoms. The Morgan fingerprint density at radius 3 is 2.83 bits per heavy atom. The van der Waals surface area contributed by atoms with Crippen molar-refractivity contribution in [1.82, 2.24) is 0 Å². The van der Waals surface area contributed by atoms with Crippen molar-refractivity contribution in [1.29, 1.82) is 0 Å². The Kier molecular flexibility index (Phi) is 3.87. The molecule has 0 radical (unpaired) electrons. The number of benzene rings is 1. The van der Waals surface area contributed by atoms with Gasteiger partial charge in [-0.25, -0.2) is 0 Å². The highest BCUT2D eigenvalue weighted by Crippen LogP contribution is 2.27. The van der Waals surface area contributed by atoms with E-state index in [4.69, 9.17) is 16.3 Å². The molecular weight excluding hydrogens is 256 g/mol. The van der Waals surface area contributed by atoms with Crippen molar-refractivity contribution < 1.29 is 19.1 Å². The van der Waals surface area contributed by atoms with Crippen molar-refractivity contribution in [3.8, 4) is 5.75 Å². The lowest BCUT2D eigenvalue weighted by molar-refractivity contribution is -0.167. The second kappa shape index (κ2) is 5.40. The van der Waals surface area contributed by atoms with Crippen LogP contribution in [-0.2, 0) is 20.7 Å². The lowest BCUT2D eigenvalue weighted by atomic mass is 9.93. The second-order valence-corrected chi connectivity index (χ2v) is 4.61. The zero-order valence-corrected chi connectivity index (χ0v) is 10.7. The highest BCUT2D eigenvalue weighted by Gasteiger charge is 2.29. The number of esters is 2. The molecule has 0 N–H and O–H groups in total. The van der Waals surface area contributed by atoms with E-state index >= 15 is 0 Å². The summed E-state index contributed by atoms with van der Waals surface area (Å²) in [6.07, 6.45) is 1.34. The fourth-order valence-electron chi connectivity index (χ4n) is 1.96. The van der Waals surface area contributed by atoms with Crippen LogP contribution in [0.4, 0.5) is 0 Å². The molecule has 1 heterocycles. The maximum Gasteiger partial charge on any atom is 0.316 e. The number of carbonyl (C=O) groups excluding carboxylic acids is 2. The van der Waals surface area contributed by atoms with Crippen LogP contribution in [0.1, 0.15) is 18.4 Å². The van der Waals surface area contributed by atoms with Gasteiger partial charge >= 0.3 is 11.9 Å². The summed E-state index contributed by atoms with van der Waals surface area (Å²) < 4.78 is 9.67. The maximum atomic E-state index is 11.5. The Hall–Kier alpha value is -1.55. The molecule has 18 heavy (non-hydrogen) atoms. The van der Waals surface area contributed by atoms with Gasteiger partial charge in [0.05, 0.1) is 18.1 Å². The molecular formula is C13H13ClO4. The molecule has 0 amide bonds. The highest BCUT2D eigenvalue weighted by atomic mass is 35.5. The second-order valence-electron chi connectivity index (χ2n) is 4.20. The molecule has 1 atom stereocenters. The van der Waals surface area contributed by atoms with Gasteiger partial charge in [0, 0.05) is 6.42 Å². The van der Waals surface area contributed by atoms with Crippen molar-refractivity contribution in [2.45, 2.75) is 19.3 Å². The average Bonchev–Trinajstić information content (AvgIpc) is 2.33. The molecule has 96 valence electrons. The molecule has 4 nitrogen and oxygen atoms in total. The van der Waals surface area contributed by atoms with Gasteiger partial charge in [0.25, 0.3) is 0 Å². The van der Waals surface area contributed by atoms with E-state index in [1.54, 1.807) is 19.2 Å². The van der Waals surface area contributed by atoms with E-state index in [2.05, 4.69) is 4.74 Å². The molecule has 0 aromatic heterocycles. The molecule has 1 unspecified atom stereocenters. The van der Waals surface area contributed by atoms with Gasteiger partial charge in [-0.3, -0.25) is 9.59 Å². The van der Waals surface area contributed by atoms with Crippen LogP contribution in [0.25, 0.3) is 0 Å². The van der Waals surface area contributed by atoms with Crippen LogP contribution in [0.3, 0.4) is 0 Å². The van der Waals surface area contributed by atoms with E-state index in [-0.39, 0.29) is 5.92 Å². The van der Waals surface area contributed by atoms with Gasteiger partial charge in [-0.15, -0.1) is 0 Å². The third-order valence-electron chi connectivity index (χ3n) is 2.94. The van der Waals surface area contributed by atoms with E-state index < -0.39 is 11.9 Å². The molecule has 1 aliphatic rings. The highest BCUT2D eigenvalue weighted by molar-refractivity contribution is 6.32. The first-order valence-corrected chi connectivity index (χ1v) is 6.05. The van der Waals surface area contributed by atoms with Crippen molar-refractivity contribution in [2.75, 3.05) is 7.11 Å². The van der Waals surface area contributed by atoms with Gasteiger partial charge in [-0.2, -0.15) is 0 Å². The summed E-state index contributed by atoms with van der Waals surface area (Å²) in [7, 11) is 1.55. The molecule has 1 aliphatic heterocycles. The number of hydrogen-bond acceptors (Lipinski definition) is 4. The summed E-state index contributed by atoms with van der Waals surface area (Å²) in [6, 6.07) is 5.38. The largest absolute Gasteiger partial charge is 0.495 e. The van der Waals surface area contributed by atoms with Gasteiger partial charge < -0.3 is 9.47 Å². The third-order valence-corrected chi connectivity index (χ3v) is 3.24. The van der Waals surface area contributed by atoms with Gasteiger partial charge in [0.1, 0.15) is 5.75 Å². The van der Waals surface area contributed by atoms with E-state index in [0.29, 0.717) is 30.0 Å². The number of hydrogen-bond donors (Lipinski definition) is 0. The number of carbonyl (C=O) groups is 2. The summed E-state index contributed by atoms with van der Waals surface area (Å²) in [4.78, 5) is 22.4. The number of cyclic esters (lactones) is 2. The van der Waals surface area contributed by atoms with E-state index in [0.717, 1.165) is 5.56 Å². The van der Waals surface area contributed by atoms with Crippen LogP contribution in [0.5, 0.6) is 5.75 Å². The summed E-state index contributed by atoms with van der Waals surface area (Å²) in [6.45, 7) is 0. The monoisotopic (exact) mass is 268 g/mol. The van der Waals surface area contributed by atoms with Crippen LogP contribution in [0, 0.1) is 5.92 Å². The van der Waals surface area contributed by atoms with Gasteiger partial charge in [-0.05, 0) is 30.5 Å². The van der Waals surface area contributed by atoms with E-state index in [9.17, 15) is 9.59 Å². The van der Waals surface area contributed by atoms with Crippen LogP contribution >= 0.6 is 11.6 Å². The molecule has 2 rings (SSSR count). The zero-order valence-electron chi connectivity index (χ0n) is 9.94. The molecule has 0 spiro atoms. The predicted octanol–water partition coefficient (Wildman–Crippen LogP) is 2.37. The SMILES string of the molecule is COc1ccc(CC2CCC(=O)OC2=O)cc1Cl. The Balaban J connectivity index is 2.07. The normalized spacial score (nSPS) is 19.6. The van der Waals surface area contributed by atoms with Crippen molar-refractivity contribution in [2.24, 2.45) is 5.92 Å². The minimum atomic E-state index is -0.446. The Labute approximate surface area is 110 Å². The first-order valence-electron chi connectivity index (χ1n) is 5.67. The molecule has 1 fully saturated rings. The van der Waals surface area contributed by atoms with E-state index in [1.165, 1.54) is 0 Å². The summed E-state index contributed by atoms with van der Waals surface area (Å²) in [5, 5.41) is 0.509. The van der Waals surface area contributed by atoms with Crippen molar-refractivity contribution >= 4 is 23.5 Å². The quantitative estimate of drug-likeness (QED) is 0.624. The topological polar surface area (TPSA) is 52.6 Å². The van der Waals surface area contributed by atoms with Gasteiger partial charge in [-0.1, -0.05) is 17.7 Å². The summed E-state index contributed by atoms with van der Waals surface area (Å²) in [5.74, 6) is -0.559. The molecule has 5 heteroatoms. The first-order chi connectivity index (χ1) is 8.60. The van der Waals surface area contributed by atoms with Crippen LogP contribution in [-0.4, -0.2) is 19.0 Å². The number of rotatable bonds is 3. The first kappa shape index (κ1) is 12.9. The molecule has 0 saturated carbocycles. The lowest BCUT2D eigenvalue weighted by Gasteiger charge is -2.19. The maximum absolute atomic E-state index is 11.5. The van der Waals surface area contributed by atoms with Gasteiger partial charge in [0.15, 0.2) is 0 Å². The Morgan fingerprint density at radius 2 is 2.22 bits per heavy atom. The summed E-state index contributed by atoms with van der Waals surface area (Å²) in [5.41, 5.74) is 0.928. The standard InChI is InChI=1S/C13H13ClO4/c1-17-11-4-2-8(7-10(11)14)6-9-3-5-12(15)18-13(9)16/h2,4,7,9H,3,5-6H2,1H3. The third kappa shape index (κ3) is 2.82. The molecule has 1 aromatic rings. The minimum Gasteiger partial charge on any atom is -0.495 e. The molecule has 1 aromatic carbocycles. The number of methoxy groups -OCH3 is 1. The predicted molar refractivity (Wildman–Crippen MR) is 65.5 cm³/mol. The van der Waals surface area contributed by atoms with Crippen LogP contribution in [0.15, 0.2) is 18.2 Å². The fraction of sp³-hybridized carbons (Fsp3) is 0.385. The summed E-state index contributed by atoms with van der Waals surface area (Å²) >= 11 is 6.01. The van der Waals surface area contributed by atoms with Crippen molar-refractivity contribution in [3.05, 3.63) is 28.8 Å². The lowest BCUT2D eigenvalue weighted by Crippen LogP contribution is -2.29. The zero-order chi connectivity index (χ0) is 13.1. The van der Waals surface area contributed by atoms with Crippen molar-refractivity contribution in [3.63, 3.8) is 0 Å². The smallest absolute Gasteiger partial charge is 0.316 e. The molecule has 0 aliphatic carbocycles. The van der Waals surface area contributed by atoms with E-state index in [1.807, 2.05) is 6.07 Å².